The maximum Gasteiger partial charge on any atom is 0.0560 e. The van der Waals surface area contributed by atoms with Crippen molar-refractivity contribution >= 4 is 41.5 Å². The molecule has 0 aliphatic carbocycles. The van der Waals surface area contributed by atoms with E-state index in [0.29, 0.717) is 11.4 Å². The first-order chi connectivity index (χ1) is 5.74. The van der Waals surface area contributed by atoms with Crippen molar-refractivity contribution in [2.45, 2.75) is 0 Å². The molecule has 0 amide bonds. The molecule has 0 atom stereocenters. The molecule has 1 aromatic rings. The van der Waals surface area contributed by atoms with Crippen molar-refractivity contribution < 1.29 is 0 Å². The molecule has 4 heteroatoms. The molecule has 0 saturated heterocycles. The summed E-state index contributed by atoms with van der Waals surface area (Å²) in [5.74, 6) is 2.93. The average Bonchev–Trinajstić information content (AvgIpc) is 2.07. The molecule has 0 aliphatic rings. The molecular weight excluding hydrogens is 283 g/mol. The van der Waals surface area contributed by atoms with Crippen molar-refractivity contribution in [1.29, 1.82) is 0 Å². The van der Waals surface area contributed by atoms with Gasteiger partial charge in [-0.25, -0.2) is 0 Å². The summed E-state index contributed by atoms with van der Waals surface area (Å²) < 4.78 is 0. The van der Waals surface area contributed by atoms with E-state index < -0.39 is 0 Å². The normalized spacial score (nSPS) is 8.75. The van der Waals surface area contributed by atoms with E-state index in [-0.39, 0.29) is 0 Å². The van der Waals surface area contributed by atoms with Gasteiger partial charge in [0.1, 0.15) is 0 Å². The van der Waals surface area contributed by atoms with Gasteiger partial charge < -0.3 is 11.5 Å². The zero-order valence-corrected chi connectivity index (χ0v) is 9.15. The third kappa shape index (κ3) is 2.50. The number of anilines is 2. The van der Waals surface area contributed by atoms with Crippen molar-refractivity contribution in [3.8, 4) is 11.2 Å². The largest absolute Gasteiger partial charge is 0.397 e. The molecule has 0 fully saturated rings. The van der Waals surface area contributed by atoms with Gasteiger partial charge in [-0.15, -0.1) is 0 Å². The summed E-state index contributed by atoms with van der Waals surface area (Å²) in [5, 5.41) is 2.87. The smallest absolute Gasteiger partial charge is 0.0560 e. The van der Waals surface area contributed by atoms with E-state index >= 15 is 0 Å². The number of rotatable bonds is 0. The molecule has 0 saturated carbocycles. The van der Waals surface area contributed by atoms with E-state index in [4.69, 9.17) is 11.5 Å². The molecule has 0 aromatic heterocycles. The van der Waals surface area contributed by atoms with E-state index in [9.17, 15) is 0 Å². The molecule has 0 radical (unpaired) electrons. The Labute approximate surface area is 87.7 Å². The van der Waals surface area contributed by atoms with Crippen LogP contribution >= 0.6 is 30.1 Å². The minimum Gasteiger partial charge on any atom is -0.397 e. The molecule has 0 spiro atoms. The van der Waals surface area contributed by atoms with Crippen LogP contribution in [0.3, 0.4) is 0 Å². The Bertz CT molecular complexity index is 341. The predicted molar refractivity (Wildman–Crippen MR) is 63.8 cm³/mol. The van der Waals surface area contributed by atoms with Crippen molar-refractivity contribution in [1.82, 2.24) is 0 Å². The number of benzene rings is 1. The topological polar surface area (TPSA) is 52.0 Å². The van der Waals surface area contributed by atoms with E-state index in [1.807, 2.05) is 6.07 Å². The second kappa shape index (κ2) is 4.48. The first-order valence-corrected chi connectivity index (χ1v) is 6.53. The molecule has 12 heavy (non-hydrogen) atoms. The lowest BCUT2D eigenvalue weighted by Crippen LogP contribution is -1.94. The van der Waals surface area contributed by atoms with Gasteiger partial charge in [-0.05, 0) is 32.4 Å². The van der Waals surface area contributed by atoms with Gasteiger partial charge in [0.15, 0.2) is 0 Å². The quantitative estimate of drug-likeness (QED) is 0.438. The summed E-state index contributed by atoms with van der Waals surface area (Å²) in [7, 11) is 1.44. The molecular formula is C8H7IN2S. The molecule has 4 N–H and O–H groups in total. The summed E-state index contributed by atoms with van der Waals surface area (Å²) in [5.41, 5.74) is 13.2. The van der Waals surface area contributed by atoms with Crippen molar-refractivity contribution in [3.05, 3.63) is 23.8 Å². The minimum absolute atomic E-state index is 0.584. The van der Waals surface area contributed by atoms with Crippen LogP contribution in [0.25, 0.3) is 0 Å². The monoisotopic (exact) mass is 290 g/mol. The standard InChI is InChI=1S/C8H7IN2S/c9-12-4-3-6-1-2-7(10)8(11)5-6/h1-2,5H,10-11H2. The van der Waals surface area contributed by atoms with Crippen LogP contribution in [-0.4, -0.2) is 0 Å². The van der Waals surface area contributed by atoms with Gasteiger partial charge in [0.05, 0.1) is 11.4 Å². The van der Waals surface area contributed by atoms with Gasteiger partial charge in [0, 0.05) is 26.8 Å². The molecule has 0 aliphatic heterocycles. The van der Waals surface area contributed by atoms with Gasteiger partial charge in [0.25, 0.3) is 0 Å². The highest BCUT2D eigenvalue weighted by atomic mass is 127. The van der Waals surface area contributed by atoms with Gasteiger partial charge >= 0.3 is 0 Å². The fourth-order valence-corrected chi connectivity index (χ4v) is 1.22. The van der Waals surface area contributed by atoms with Crippen LogP contribution in [0.4, 0.5) is 11.4 Å². The SMILES string of the molecule is Nc1ccc(C#CSI)cc1N. The Morgan fingerprint density at radius 2 is 2.00 bits per heavy atom. The first kappa shape index (κ1) is 9.55. The van der Waals surface area contributed by atoms with Crippen LogP contribution in [0.15, 0.2) is 18.2 Å². The highest BCUT2D eigenvalue weighted by molar-refractivity contribution is 14.2. The fraction of sp³-hybridized carbons (Fsp3) is 0. The molecule has 2 nitrogen and oxygen atoms in total. The zero-order chi connectivity index (χ0) is 8.97. The maximum atomic E-state index is 5.59. The Balaban J connectivity index is 2.97. The van der Waals surface area contributed by atoms with Crippen LogP contribution in [0.2, 0.25) is 0 Å². The highest BCUT2D eigenvalue weighted by Gasteiger charge is 1.93. The Morgan fingerprint density at radius 3 is 2.58 bits per heavy atom. The Morgan fingerprint density at radius 1 is 1.25 bits per heavy atom. The molecule has 0 heterocycles. The van der Waals surface area contributed by atoms with E-state index in [0.717, 1.165) is 5.56 Å². The summed E-state index contributed by atoms with van der Waals surface area (Å²) in [6, 6.07) is 5.39. The third-order valence-corrected chi connectivity index (χ3v) is 2.16. The molecule has 0 bridgehead atoms. The summed E-state index contributed by atoms with van der Waals surface area (Å²) >= 11 is 2.12. The van der Waals surface area contributed by atoms with Gasteiger partial charge in [-0.1, -0.05) is 5.92 Å². The van der Waals surface area contributed by atoms with Crippen molar-refractivity contribution in [2.24, 2.45) is 0 Å². The number of nitrogen functional groups attached to an aromatic ring is 2. The van der Waals surface area contributed by atoms with E-state index in [2.05, 4.69) is 32.4 Å². The zero-order valence-electron chi connectivity index (χ0n) is 6.17. The number of hydrogen-bond donors (Lipinski definition) is 2. The lowest BCUT2D eigenvalue weighted by atomic mass is 10.2. The van der Waals surface area contributed by atoms with Crippen LogP contribution in [0.1, 0.15) is 5.56 Å². The summed E-state index contributed by atoms with van der Waals surface area (Å²) in [6.07, 6.45) is 0. The highest BCUT2D eigenvalue weighted by Crippen LogP contribution is 2.15. The van der Waals surface area contributed by atoms with Gasteiger partial charge in [-0.3, -0.25) is 0 Å². The van der Waals surface area contributed by atoms with Crippen molar-refractivity contribution in [3.63, 3.8) is 0 Å². The number of halogens is 1. The van der Waals surface area contributed by atoms with Crippen LogP contribution in [0, 0.1) is 11.2 Å². The van der Waals surface area contributed by atoms with Crippen molar-refractivity contribution in [2.75, 3.05) is 11.5 Å². The fourth-order valence-electron chi connectivity index (χ4n) is 0.731. The maximum absolute atomic E-state index is 5.59. The van der Waals surface area contributed by atoms with Gasteiger partial charge in [0.2, 0.25) is 0 Å². The predicted octanol–water partition coefficient (Wildman–Crippen LogP) is 2.24. The Kier molecular flexibility index (Phi) is 3.56. The minimum atomic E-state index is 0.584. The number of hydrogen-bond acceptors (Lipinski definition) is 3. The molecule has 1 aromatic carbocycles. The molecule has 1 rings (SSSR count). The van der Waals surface area contributed by atoms with E-state index in [1.165, 1.54) is 8.93 Å². The van der Waals surface area contributed by atoms with Gasteiger partial charge in [-0.2, -0.15) is 0 Å². The third-order valence-electron chi connectivity index (χ3n) is 1.32. The van der Waals surface area contributed by atoms with E-state index in [1.54, 1.807) is 12.1 Å². The van der Waals surface area contributed by atoms with Crippen LogP contribution in [0.5, 0.6) is 0 Å². The Hall–Kier alpha value is -0.540. The van der Waals surface area contributed by atoms with Crippen LogP contribution in [-0.2, 0) is 0 Å². The number of nitrogens with two attached hydrogens (primary N) is 2. The molecule has 62 valence electrons. The first-order valence-electron chi connectivity index (χ1n) is 3.17. The molecule has 0 unspecified atom stereocenters. The van der Waals surface area contributed by atoms with Crippen LogP contribution < -0.4 is 11.5 Å². The average molecular weight is 290 g/mol. The lowest BCUT2D eigenvalue weighted by molar-refractivity contribution is 1.62. The second-order valence-electron chi connectivity index (χ2n) is 2.15. The summed E-state index contributed by atoms with van der Waals surface area (Å²) in [6.45, 7) is 0. The second-order valence-corrected chi connectivity index (χ2v) is 3.83. The summed E-state index contributed by atoms with van der Waals surface area (Å²) in [4.78, 5) is 0. The lowest BCUT2D eigenvalue weighted by Gasteiger charge is -1.98.